The van der Waals surface area contributed by atoms with Gasteiger partial charge in [0.25, 0.3) is 0 Å². The first-order valence-electron chi connectivity index (χ1n) is 7.79. The van der Waals surface area contributed by atoms with Crippen molar-refractivity contribution >= 4 is 46.5 Å². The molecule has 136 valence electrons. The van der Waals surface area contributed by atoms with E-state index in [1.807, 2.05) is 26.0 Å². The number of amides is 1. The van der Waals surface area contributed by atoms with E-state index in [2.05, 4.69) is 15.5 Å². The molecule has 0 bridgehead atoms. The Hall–Kier alpha value is -2.02. The Morgan fingerprint density at radius 2 is 1.85 bits per heavy atom. The first-order chi connectivity index (χ1) is 12.3. The van der Waals surface area contributed by atoms with Crippen LogP contribution in [0.5, 0.6) is 0 Å². The molecule has 1 amide bonds. The van der Waals surface area contributed by atoms with Crippen molar-refractivity contribution in [2.75, 3.05) is 5.32 Å². The first-order valence-corrected chi connectivity index (χ1v) is 8.93. The summed E-state index contributed by atoms with van der Waals surface area (Å²) in [5.41, 5.74) is 2.69. The third-order valence-electron chi connectivity index (χ3n) is 3.70. The quantitative estimate of drug-likeness (QED) is 0.678. The summed E-state index contributed by atoms with van der Waals surface area (Å²) in [4.78, 5) is 12.2. The van der Waals surface area contributed by atoms with Gasteiger partial charge in [-0.2, -0.15) is 10.2 Å². The van der Waals surface area contributed by atoms with Crippen molar-refractivity contribution in [1.29, 1.82) is 0 Å². The summed E-state index contributed by atoms with van der Waals surface area (Å²) >= 11 is 18.1. The number of benzene rings is 1. The van der Waals surface area contributed by atoms with Gasteiger partial charge in [0.2, 0.25) is 5.91 Å². The van der Waals surface area contributed by atoms with Gasteiger partial charge in [-0.1, -0.05) is 40.9 Å². The van der Waals surface area contributed by atoms with Gasteiger partial charge < -0.3 is 5.32 Å². The van der Waals surface area contributed by atoms with E-state index >= 15 is 0 Å². The fraction of sp³-hybridized carbons (Fsp3) is 0.235. The molecule has 0 aliphatic heterocycles. The average Bonchev–Trinajstić information content (AvgIpc) is 3.05. The van der Waals surface area contributed by atoms with Gasteiger partial charge in [-0.05, 0) is 37.6 Å². The van der Waals surface area contributed by atoms with E-state index in [1.165, 1.54) is 0 Å². The molecule has 0 saturated carbocycles. The Labute approximate surface area is 165 Å². The number of anilines is 1. The number of aromatic nitrogens is 4. The number of halogens is 3. The molecule has 3 aromatic rings. The van der Waals surface area contributed by atoms with Crippen LogP contribution in [0.4, 0.5) is 5.82 Å². The van der Waals surface area contributed by atoms with Gasteiger partial charge in [-0.25, -0.2) is 0 Å². The number of hydrogen-bond acceptors (Lipinski definition) is 3. The topological polar surface area (TPSA) is 64.7 Å². The number of carbonyl (C=O) groups excluding carboxylic acids is 1. The summed E-state index contributed by atoms with van der Waals surface area (Å²) in [5, 5.41) is 12.6. The highest BCUT2D eigenvalue weighted by Crippen LogP contribution is 2.24. The molecular weight excluding hydrogens is 397 g/mol. The molecule has 1 aromatic carbocycles. The standard InChI is InChI=1S/C17H16Cl3N5O/c1-10-5-11(2)25(22-10)9-16(26)21-17-15(20)8-24(23-17)7-12-3-4-13(18)14(19)6-12/h3-6,8H,7,9H2,1-2H3,(H,21,23,26). The van der Waals surface area contributed by atoms with Crippen LogP contribution in [0.15, 0.2) is 30.5 Å². The minimum atomic E-state index is -0.252. The Kier molecular flexibility index (Phi) is 5.55. The number of aryl methyl sites for hydroxylation is 2. The maximum absolute atomic E-state index is 12.2. The smallest absolute Gasteiger partial charge is 0.247 e. The van der Waals surface area contributed by atoms with E-state index in [9.17, 15) is 4.79 Å². The molecule has 0 spiro atoms. The molecule has 2 aromatic heterocycles. The van der Waals surface area contributed by atoms with Gasteiger partial charge in [0.1, 0.15) is 11.6 Å². The van der Waals surface area contributed by atoms with Crippen LogP contribution >= 0.6 is 34.8 Å². The Balaban J connectivity index is 1.68. The van der Waals surface area contributed by atoms with Crippen molar-refractivity contribution in [3.05, 3.63) is 62.5 Å². The maximum Gasteiger partial charge on any atom is 0.247 e. The lowest BCUT2D eigenvalue weighted by molar-refractivity contribution is -0.117. The van der Waals surface area contributed by atoms with E-state index in [4.69, 9.17) is 34.8 Å². The molecule has 0 radical (unpaired) electrons. The third kappa shape index (κ3) is 4.38. The Bertz CT molecular complexity index is 963. The lowest BCUT2D eigenvalue weighted by Gasteiger charge is -2.05. The third-order valence-corrected chi connectivity index (χ3v) is 4.72. The summed E-state index contributed by atoms with van der Waals surface area (Å²) in [5.74, 6) is 0.0520. The largest absolute Gasteiger partial charge is 0.306 e. The van der Waals surface area contributed by atoms with Gasteiger partial charge in [-0.3, -0.25) is 14.2 Å². The van der Waals surface area contributed by atoms with Crippen LogP contribution in [0, 0.1) is 13.8 Å². The fourth-order valence-electron chi connectivity index (χ4n) is 2.53. The molecule has 0 fully saturated rings. The Morgan fingerprint density at radius 1 is 1.08 bits per heavy atom. The zero-order chi connectivity index (χ0) is 18.8. The van der Waals surface area contributed by atoms with Crippen molar-refractivity contribution < 1.29 is 4.79 Å². The lowest BCUT2D eigenvalue weighted by atomic mass is 10.2. The van der Waals surface area contributed by atoms with E-state index in [-0.39, 0.29) is 12.5 Å². The monoisotopic (exact) mass is 411 g/mol. The van der Waals surface area contributed by atoms with E-state index in [0.717, 1.165) is 17.0 Å². The van der Waals surface area contributed by atoms with Gasteiger partial charge in [0, 0.05) is 11.9 Å². The summed E-state index contributed by atoms with van der Waals surface area (Å²) in [6.45, 7) is 4.31. The summed E-state index contributed by atoms with van der Waals surface area (Å²) in [7, 11) is 0. The molecule has 9 heteroatoms. The lowest BCUT2D eigenvalue weighted by Crippen LogP contribution is -2.20. The molecule has 26 heavy (non-hydrogen) atoms. The molecule has 1 N–H and O–H groups in total. The molecule has 0 unspecified atom stereocenters. The van der Waals surface area contributed by atoms with Crippen LogP contribution in [0.1, 0.15) is 17.0 Å². The highest BCUT2D eigenvalue weighted by atomic mass is 35.5. The minimum absolute atomic E-state index is 0.0929. The number of rotatable bonds is 5. The number of carbonyl (C=O) groups is 1. The van der Waals surface area contributed by atoms with Crippen LogP contribution in [0.2, 0.25) is 15.1 Å². The summed E-state index contributed by atoms with van der Waals surface area (Å²) in [6.07, 6.45) is 1.64. The molecule has 6 nitrogen and oxygen atoms in total. The fourth-order valence-corrected chi connectivity index (χ4v) is 3.05. The van der Waals surface area contributed by atoms with Crippen molar-refractivity contribution in [1.82, 2.24) is 19.6 Å². The number of nitrogens with one attached hydrogen (secondary N) is 1. The first kappa shape index (κ1) is 18.8. The van der Waals surface area contributed by atoms with Crippen LogP contribution < -0.4 is 5.32 Å². The second kappa shape index (κ2) is 7.70. The van der Waals surface area contributed by atoms with Crippen molar-refractivity contribution in [2.45, 2.75) is 26.9 Å². The predicted molar refractivity (Wildman–Crippen MR) is 103 cm³/mol. The predicted octanol–water partition coefficient (Wildman–Crippen LogP) is 4.34. The van der Waals surface area contributed by atoms with Crippen molar-refractivity contribution in [3.8, 4) is 0 Å². The van der Waals surface area contributed by atoms with Gasteiger partial charge in [0.15, 0.2) is 5.82 Å². The number of nitrogens with zero attached hydrogens (tertiary/aromatic N) is 4. The normalized spacial score (nSPS) is 11.0. The van der Waals surface area contributed by atoms with Gasteiger partial charge >= 0.3 is 0 Å². The Morgan fingerprint density at radius 3 is 2.50 bits per heavy atom. The zero-order valence-corrected chi connectivity index (χ0v) is 16.4. The molecule has 0 saturated heterocycles. The average molecular weight is 413 g/mol. The maximum atomic E-state index is 12.2. The zero-order valence-electron chi connectivity index (χ0n) is 14.1. The van der Waals surface area contributed by atoms with Crippen LogP contribution in [0.3, 0.4) is 0 Å². The van der Waals surface area contributed by atoms with Crippen LogP contribution in [-0.2, 0) is 17.9 Å². The molecular formula is C17H16Cl3N5O. The second-order valence-electron chi connectivity index (χ2n) is 5.90. The molecule has 0 atom stereocenters. The molecule has 2 heterocycles. The summed E-state index contributed by atoms with van der Waals surface area (Å²) in [6, 6.07) is 7.25. The highest BCUT2D eigenvalue weighted by molar-refractivity contribution is 6.42. The van der Waals surface area contributed by atoms with E-state index in [1.54, 1.807) is 27.7 Å². The highest BCUT2D eigenvalue weighted by Gasteiger charge is 2.13. The van der Waals surface area contributed by atoms with Gasteiger partial charge in [0.05, 0.1) is 22.3 Å². The van der Waals surface area contributed by atoms with Gasteiger partial charge in [-0.15, -0.1) is 0 Å². The molecule has 0 aliphatic carbocycles. The summed E-state index contributed by atoms with van der Waals surface area (Å²) < 4.78 is 3.26. The molecule has 3 rings (SSSR count). The number of hydrogen-bond donors (Lipinski definition) is 1. The van der Waals surface area contributed by atoms with Crippen LogP contribution in [0.25, 0.3) is 0 Å². The SMILES string of the molecule is Cc1cc(C)n(CC(=O)Nc2nn(Cc3ccc(Cl)c(Cl)c3)cc2Cl)n1. The van der Waals surface area contributed by atoms with E-state index < -0.39 is 0 Å². The molecule has 0 aliphatic rings. The minimum Gasteiger partial charge on any atom is -0.306 e. The van der Waals surface area contributed by atoms with E-state index in [0.29, 0.717) is 27.4 Å². The van der Waals surface area contributed by atoms with Crippen LogP contribution in [-0.4, -0.2) is 25.5 Å². The van der Waals surface area contributed by atoms with Crippen molar-refractivity contribution in [2.24, 2.45) is 0 Å². The van der Waals surface area contributed by atoms with Crippen molar-refractivity contribution in [3.63, 3.8) is 0 Å². The second-order valence-corrected chi connectivity index (χ2v) is 7.13.